The number of carbonyl (C=O) groups excluding carboxylic acids is 2. The lowest BCUT2D eigenvalue weighted by atomic mass is 10.1. The Bertz CT molecular complexity index is 1200. The molecule has 0 aliphatic carbocycles. The van der Waals surface area contributed by atoms with Crippen molar-refractivity contribution in [2.24, 2.45) is 0 Å². The largest absolute Gasteiger partial charge is 0.352 e. The lowest BCUT2D eigenvalue weighted by Crippen LogP contribution is -2.53. The van der Waals surface area contributed by atoms with Crippen molar-refractivity contribution >= 4 is 50.7 Å². The molecule has 2 atom stereocenters. The van der Waals surface area contributed by atoms with Gasteiger partial charge in [-0.3, -0.25) is 13.9 Å². The van der Waals surface area contributed by atoms with E-state index in [1.807, 2.05) is 39.8 Å². The van der Waals surface area contributed by atoms with E-state index in [0.717, 1.165) is 28.1 Å². The van der Waals surface area contributed by atoms with E-state index in [-0.39, 0.29) is 18.5 Å². The zero-order valence-electron chi connectivity index (χ0n) is 21.6. The first-order valence-electron chi connectivity index (χ1n) is 11.9. The third-order valence-corrected chi connectivity index (χ3v) is 7.90. The van der Waals surface area contributed by atoms with Crippen LogP contribution in [0.4, 0.5) is 5.69 Å². The Morgan fingerprint density at radius 2 is 1.67 bits per heavy atom. The second-order valence-electron chi connectivity index (χ2n) is 9.07. The Hall–Kier alpha value is -2.29. The molecule has 0 saturated heterocycles. The maximum absolute atomic E-state index is 13.8. The van der Waals surface area contributed by atoms with Crippen LogP contribution in [0, 0.1) is 13.8 Å². The summed E-state index contributed by atoms with van der Waals surface area (Å²) in [7, 11) is -3.80. The highest BCUT2D eigenvalue weighted by Gasteiger charge is 2.32. The summed E-state index contributed by atoms with van der Waals surface area (Å²) in [6.45, 7) is 8.92. The molecule has 0 radical (unpaired) electrons. The number of benzene rings is 2. The van der Waals surface area contributed by atoms with Gasteiger partial charge in [0.2, 0.25) is 21.8 Å². The molecule has 7 nitrogen and oxygen atoms in total. The van der Waals surface area contributed by atoms with Crippen LogP contribution in [-0.2, 0) is 26.2 Å². The lowest BCUT2D eigenvalue weighted by molar-refractivity contribution is -0.140. The van der Waals surface area contributed by atoms with Crippen molar-refractivity contribution in [3.63, 3.8) is 0 Å². The normalized spacial score (nSPS) is 13.1. The van der Waals surface area contributed by atoms with Crippen molar-refractivity contribution in [1.29, 1.82) is 0 Å². The molecular weight excluding hydrogens is 521 g/mol. The van der Waals surface area contributed by atoms with Crippen molar-refractivity contribution in [2.45, 2.75) is 66.1 Å². The Morgan fingerprint density at radius 1 is 1.00 bits per heavy atom. The van der Waals surface area contributed by atoms with Gasteiger partial charge in [-0.25, -0.2) is 8.42 Å². The van der Waals surface area contributed by atoms with Crippen molar-refractivity contribution in [1.82, 2.24) is 10.2 Å². The highest BCUT2D eigenvalue weighted by molar-refractivity contribution is 7.92. The number of halogens is 2. The average molecular weight is 557 g/mol. The van der Waals surface area contributed by atoms with Crippen LogP contribution in [0.2, 0.25) is 10.0 Å². The second-order valence-corrected chi connectivity index (χ2v) is 11.8. The predicted molar refractivity (Wildman–Crippen MR) is 147 cm³/mol. The molecule has 0 fully saturated rings. The van der Waals surface area contributed by atoms with E-state index in [2.05, 4.69) is 5.32 Å². The molecular formula is C26H35Cl2N3O4S. The third kappa shape index (κ3) is 7.85. The van der Waals surface area contributed by atoms with Crippen LogP contribution in [0.5, 0.6) is 0 Å². The van der Waals surface area contributed by atoms with Crippen LogP contribution in [0.15, 0.2) is 36.4 Å². The molecule has 198 valence electrons. The minimum atomic E-state index is -3.80. The first kappa shape index (κ1) is 29.9. The SMILES string of the molecule is CC[C@H](C(=O)N[C@@H](C)CC)N(Cc1ccc(Cl)c(Cl)c1)C(=O)CN(c1cc(C)ccc1C)S(C)(=O)=O. The highest BCUT2D eigenvalue weighted by atomic mass is 35.5. The summed E-state index contributed by atoms with van der Waals surface area (Å²) in [4.78, 5) is 28.4. The molecule has 2 amide bonds. The summed E-state index contributed by atoms with van der Waals surface area (Å²) in [5.41, 5.74) is 2.68. The van der Waals surface area contributed by atoms with Gasteiger partial charge in [-0.05, 0) is 68.5 Å². The molecule has 1 N–H and O–H groups in total. The van der Waals surface area contributed by atoms with Crippen LogP contribution in [0.3, 0.4) is 0 Å². The predicted octanol–water partition coefficient (Wildman–Crippen LogP) is 5.10. The van der Waals surface area contributed by atoms with Gasteiger partial charge in [0.25, 0.3) is 0 Å². The molecule has 0 bridgehead atoms. The van der Waals surface area contributed by atoms with Gasteiger partial charge >= 0.3 is 0 Å². The minimum Gasteiger partial charge on any atom is -0.352 e. The van der Waals surface area contributed by atoms with Gasteiger partial charge in [0.05, 0.1) is 22.0 Å². The number of nitrogens with zero attached hydrogens (tertiary/aromatic N) is 2. The Kier molecular flexibility index (Phi) is 10.6. The summed E-state index contributed by atoms with van der Waals surface area (Å²) in [5.74, 6) is -0.795. The van der Waals surface area contributed by atoms with Gasteiger partial charge in [0.1, 0.15) is 12.6 Å². The van der Waals surface area contributed by atoms with Crippen molar-refractivity contribution in [3.05, 3.63) is 63.1 Å². The number of sulfonamides is 1. The van der Waals surface area contributed by atoms with E-state index in [0.29, 0.717) is 27.7 Å². The number of rotatable bonds is 11. The molecule has 2 aromatic carbocycles. The average Bonchev–Trinajstić information content (AvgIpc) is 2.80. The summed E-state index contributed by atoms with van der Waals surface area (Å²) in [6, 6.07) is 9.55. The van der Waals surface area contributed by atoms with E-state index < -0.39 is 28.5 Å². The molecule has 0 aliphatic heterocycles. The first-order valence-corrected chi connectivity index (χ1v) is 14.5. The molecule has 0 unspecified atom stereocenters. The number of hydrogen-bond donors (Lipinski definition) is 1. The van der Waals surface area contributed by atoms with Crippen LogP contribution < -0.4 is 9.62 Å². The van der Waals surface area contributed by atoms with Gasteiger partial charge in [0.15, 0.2) is 0 Å². The molecule has 0 spiro atoms. The van der Waals surface area contributed by atoms with Crippen molar-refractivity contribution < 1.29 is 18.0 Å². The van der Waals surface area contributed by atoms with Crippen LogP contribution >= 0.6 is 23.2 Å². The number of aryl methyl sites for hydroxylation is 2. The number of amides is 2. The topological polar surface area (TPSA) is 86.8 Å². The fraction of sp³-hybridized carbons (Fsp3) is 0.462. The molecule has 0 aromatic heterocycles. The monoisotopic (exact) mass is 555 g/mol. The van der Waals surface area contributed by atoms with Crippen molar-refractivity contribution in [3.8, 4) is 0 Å². The summed E-state index contributed by atoms with van der Waals surface area (Å²) >= 11 is 12.3. The van der Waals surface area contributed by atoms with Gasteiger partial charge < -0.3 is 10.2 Å². The van der Waals surface area contributed by atoms with Crippen LogP contribution in [-0.4, -0.2) is 50.0 Å². The molecule has 10 heteroatoms. The lowest BCUT2D eigenvalue weighted by Gasteiger charge is -2.33. The molecule has 0 saturated carbocycles. The number of nitrogens with one attached hydrogen (secondary N) is 1. The quantitative estimate of drug-likeness (QED) is 0.418. The third-order valence-electron chi connectivity index (χ3n) is 6.04. The molecule has 2 rings (SSSR count). The van der Waals surface area contributed by atoms with Gasteiger partial charge in [-0.1, -0.05) is 55.2 Å². The van der Waals surface area contributed by atoms with Gasteiger partial charge in [-0.15, -0.1) is 0 Å². The molecule has 36 heavy (non-hydrogen) atoms. The Balaban J connectivity index is 2.51. The summed E-state index contributed by atoms with van der Waals surface area (Å²) < 4.78 is 26.7. The van der Waals surface area contributed by atoms with E-state index in [1.165, 1.54) is 4.90 Å². The standard InChI is InChI=1S/C26H35Cl2N3O4S/c1-7-19(5)29-26(33)23(8-2)30(15-20-11-12-21(27)22(28)14-20)25(32)16-31(36(6,34)35)24-13-17(3)9-10-18(24)4/h9-14,19,23H,7-8,15-16H2,1-6H3,(H,29,33)/t19-,23+/m0/s1. The number of anilines is 1. The molecule has 2 aromatic rings. The second kappa shape index (κ2) is 12.8. The van der Waals surface area contributed by atoms with E-state index in [4.69, 9.17) is 23.2 Å². The summed E-state index contributed by atoms with van der Waals surface area (Å²) in [6.07, 6.45) is 2.15. The fourth-order valence-corrected chi connectivity index (χ4v) is 5.00. The van der Waals surface area contributed by atoms with Crippen LogP contribution in [0.25, 0.3) is 0 Å². The zero-order valence-corrected chi connectivity index (χ0v) is 24.0. The highest BCUT2D eigenvalue weighted by Crippen LogP contribution is 2.26. The van der Waals surface area contributed by atoms with Gasteiger partial charge in [-0.2, -0.15) is 0 Å². The maximum atomic E-state index is 13.8. The smallest absolute Gasteiger partial charge is 0.244 e. The zero-order chi connectivity index (χ0) is 27.2. The number of carbonyl (C=O) groups is 2. The Morgan fingerprint density at radius 3 is 2.22 bits per heavy atom. The molecule has 0 heterocycles. The van der Waals surface area contributed by atoms with Gasteiger partial charge in [0, 0.05) is 12.6 Å². The van der Waals surface area contributed by atoms with E-state index in [9.17, 15) is 18.0 Å². The van der Waals surface area contributed by atoms with E-state index in [1.54, 1.807) is 31.2 Å². The molecule has 0 aliphatic rings. The minimum absolute atomic E-state index is 0.0621. The summed E-state index contributed by atoms with van der Waals surface area (Å²) in [5, 5.41) is 3.64. The Labute approximate surface area is 224 Å². The van der Waals surface area contributed by atoms with Crippen LogP contribution in [0.1, 0.15) is 50.3 Å². The maximum Gasteiger partial charge on any atom is 0.244 e. The van der Waals surface area contributed by atoms with Crippen molar-refractivity contribution in [2.75, 3.05) is 17.1 Å². The van der Waals surface area contributed by atoms with E-state index >= 15 is 0 Å². The number of hydrogen-bond acceptors (Lipinski definition) is 4. The fourth-order valence-electron chi connectivity index (χ4n) is 3.78. The first-order chi connectivity index (χ1) is 16.8.